The molecule has 2 rings (SSSR count). The second-order valence-corrected chi connectivity index (χ2v) is 7.74. The molecule has 1 aliphatic rings. The maximum atomic E-state index is 11.3. The first-order chi connectivity index (χ1) is 10.5. The summed E-state index contributed by atoms with van der Waals surface area (Å²) in [6, 6.07) is 8.02. The summed E-state index contributed by atoms with van der Waals surface area (Å²) in [5.74, 6) is 0.868. The Morgan fingerprint density at radius 2 is 1.77 bits per heavy atom. The Balaban J connectivity index is 1.85. The van der Waals surface area contributed by atoms with Gasteiger partial charge >= 0.3 is 0 Å². The molecule has 0 fully saturated rings. The highest BCUT2D eigenvalue weighted by Crippen LogP contribution is 2.09. The van der Waals surface area contributed by atoms with E-state index < -0.39 is 9.84 Å². The zero-order chi connectivity index (χ0) is 16.0. The number of benzene rings is 1. The van der Waals surface area contributed by atoms with E-state index in [1.165, 1.54) is 6.26 Å². The molecule has 0 saturated heterocycles. The average molecular weight is 321 g/mol. The number of hydrogen-bond donors (Lipinski definition) is 2. The molecule has 0 radical (unpaired) electrons. The quantitative estimate of drug-likeness (QED) is 0.491. The van der Waals surface area contributed by atoms with Crippen LogP contribution in [0, 0.1) is 0 Å². The first kappa shape index (κ1) is 16.5. The standard InChI is InChI=1S/C16H23N3O2S/c1-17-16(19-15-5-3-4-6-15)18-11-13-7-9-14(10-8-13)12-22(2,20)21/h3-4,7-10,15H,5-6,11-12H2,1-2H3,(H2,17,18,19). The Hall–Kier alpha value is -1.82. The molecule has 0 aromatic heterocycles. The van der Waals surface area contributed by atoms with Gasteiger partial charge in [0, 0.05) is 25.9 Å². The summed E-state index contributed by atoms with van der Waals surface area (Å²) in [5, 5.41) is 6.65. The predicted molar refractivity (Wildman–Crippen MR) is 90.5 cm³/mol. The van der Waals surface area contributed by atoms with Crippen molar-refractivity contribution in [2.24, 2.45) is 4.99 Å². The summed E-state index contributed by atoms with van der Waals surface area (Å²) < 4.78 is 22.5. The Bertz CT molecular complexity index is 640. The van der Waals surface area contributed by atoms with Gasteiger partial charge in [0.2, 0.25) is 0 Å². The van der Waals surface area contributed by atoms with Crippen LogP contribution in [0.25, 0.3) is 0 Å². The lowest BCUT2D eigenvalue weighted by Gasteiger charge is -2.17. The van der Waals surface area contributed by atoms with Gasteiger partial charge in [-0.2, -0.15) is 0 Å². The normalized spacial score (nSPS) is 16.0. The fraction of sp³-hybridized carbons (Fsp3) is 0.438. The number of nitrogens with zero attached hydrogens (tertiary/aromatic N) is 1. The van der Waals surface area contributed by atoms with Gasteiger partial charge in [-0.05, 0) is 24.0 Å². The molecule has 6 heteroatoms. The molecule has 0 heterocycles. The molecular formula is C16H23N3O2S. The fourth-order valence-electron chi connectivity index (χ4n) is 2.36. The van der Waals surface area contributed by atoms with Gasteiger partial charge in [0.1, 0.15) is 0 Å². The number of guanidine groups is 1. The molecule has 22 heavy (non-hydrogen) atoms. The van der Waals surface area contributed by atoms with Gasteiger partial charge in [0.25, 0.3) is 0 Å². The summed E-state index contributed by atoms with van der Waals surface area (Å²) >= 11 is 0. The number of rotatable bonds is 5. The lowest BCUT2D eigenvalue weighted by molar-refractivity contribution is 0.601. The lowest BCUT2D eigenvalue weighted by atomic mass is 10.1. The van der Waals surface area contributed by atoms with Crippen molar-refractivity contribution in [3.63, 3.8) is 0 Å². The third-order valence-corrected chi connectivity index (χ3v) is 4.34. The summed E-state index contributed by atoms with van der Waals surface area (Å²) in [6.07, 6.45) is 7.65. The Morgan fingerprint density at radius 3 is 2.32 bits per heavy atom. The maximum absolute atomic E-state index is 11.3. The van der Waals surface area contributed by atoms with Gasteiger partial charge < -0.3 is 10.6 Å². The molecule has 1 aromatic carbocycles. The van der Waals surface area contributed by atoms with Crippen molar-refractivity contribution in [1.82, 2.24) is 10.6 Å². The van der Waals surface area contributed by atoms with Crippen molar-refractivity contribution >= 4 is 15.8 Å². The van der Waals surface area contributed by atoms with Crippen molar-refractivity contribution in [1.29, 1.82) is 0 Å². The van der Waals surface area contributed by atoms with E-state index in [9.17, 15) is 8.42 Å². The molecule has 0 unspecified atom stereocenters. The predicted octanol–water partition coefficient (Wildman–Crippen LogP) is 1.61. The van der Waals surface area contributed by atoms with E-state index in [1.54, 1.807) is 7.05 Å². The van der Waals surface area contributed by atoms with Crippen LogP contribution >= 0.6 is 0 Å². The number of nitrogens with one attached hydrogen (secondary N) is 2. The largest absolute Gasteiger partial charge is 0.353 e. The highest BCUT2D eigenvalue weighted by Gasteiger charge is 2.11. The summed E-state index contributed by atoms with van der Waals surface area (Å²) in [4.78, 5) is 4.22. The van der Waals surface area contributed by atoms with Crippen LogP contribution in [0.15, 0.2) is 41.4 Å². The molecule has 120 valence electrons. The van der Waals surface area contributed by atoms with E-state index in [-0.39, 0.29) is 5.75 Å². The van der Waals surface area contributed by atoms with Crippen LogP contribution in [-0.2, 0) is 22.1 Å². The first-order valence-corrected chi connectivity index (χ1v) is 9.40. The molecule has 1 aromatic rings. The fourth-order valence-corrected chi connectivity index (χ4v) is 3.16. The molecule has 5 nitrogen and oxygen atoms in total. The molecule has 0 amide bonds. The van der Waals surface area contributed by atoms with Crippen molar-refractivity contribution in [3.05, 3.63) is 47.5 Å². The maximum Gasteiger partial charge on any atom is 0.191 e. The van der Waals surface area contributed by atoms with Crippen LogP contribution in [0.1, 0.15) is 24.0 Å². The number of hydrogen-bond acceptors (Lipinski definition) is 3. The molecule has 1 aliphatic carbocycles. The van der Waals surface area contributed by atoms with E-state index in [1.807, 2.05) is 24.3 Å². The summed E-state index contributed by atoms with van der Waals surface area (Å²) in [5.41, 5.74) is 1.90. The second kappa shape index (κ2) is 7.45. The SMILES string of the molecule is CN=C(NCc1ccc(CS(C)(=O)=O)cc1)NC1CC=CC1. The third kappa shape index (κ3) is 5.52. The Morgan fingerprint density at radius 1 is 1.18 bits per heavy atom. The molecule has 2 N–H and O–H groups in total. The van der Waals surface area contributed by atoms with Gasteiger partial charge in [-0.25, -0.2) is 8.42 Å². The summed E-state index contributed by atoms with van der Waals surface area (Å²) in [7, 11) is -1.23. The highest BCUT2D eigenvalue weighted by molar-refractivity contribution is 7.89. The minimum atomic E-state index is -2.98. The lowest BCUT2D eigenvalue weighted by Crippen LogP contribution is -2.42. The molecule has 0 aliphatic heterocycles. The Labute approximate surface area is 132 Å². The van der Waals surface area contributed by atoms with Crippen molar-refractivity contribution in [3.8, 4) is 0 Å². The van der Waals surface area contributed by atoms with E-state index in [4.69, 9.17) is 0 Å². The molecule has 0 saturated carbocycles. The molecule has 0 atom stereocenters. The zero-order valence-corrected chi connectivity index (χ0v) is 13.9. The molecule has 0 bridgehead atoms. The zero-order valence-electron chi connectivity index (χ0n) is 13.0. The first-order valence-electron chi connectivity index (χ1n) is 7.34. The van der Waals surface area contributed by atoms with Crippen LogP contribution in [0.5, 0.6) is 0 Å². The van der Waals surface area contributed by atoms with Gasteiger partial charge in [-0.3, -0.25) is 4.99 Å². The van der Waals surface area contributed by atoms with E-state index in [0.29, 0.717) is 12.6 Å². The Kier molecular flexibility index (Phi) is 5.60. The monoisotopic (exact) mass is 321 g/mol. The number of sulfone groups is 1. The van der Waals surface area contributed by atoms with Gasteiger partial charge in [0.15, 0.2) is 15.8 Å². The molecular weight excluding hydrogens is 298 g/mol. The van der Waals surface area contributed by atoms with Crippen LogP contribution in [0.4, 0.5) is 0 Å². The number of aliphatic imine (C=N–C) groups is 1. The molecule has 0 spiro atoms. The van der Waals surface area contributed by atoms with Crippen molar-refractivity contribution < 1.29 is 8.42 Å². The third-order valence-electron chi connectivity index (χ3n) is 3.48. The van der Waals surface area contributed by atoms with Gasteiger partial charge in [-0.15, -0.1) is 0 Å². The van der Waals surface area contributed by atoms with E-state index in [2.05, 4.69) is 27.8 Å². The van der Waals surface area contributed by atoms with E-state index in [0.717, 1.165) is 29.9 Å². The van der Waals surface area contributed by atoms with Crippen LogP contribution in [0.2, 0.25) is 0 Å². The topological polar surface area (TPSA) is 70.6 Å². The van der Waals surface area contributed by atoms with Crippen molar-refractivity contribution in [2.45, 2.75) is 31.2 Å². The minimum absolute atomic E-state index is 0.0820. The minimum Gasteiger partial charge on any atom is -0.353 e. The summed E-state index contributed by atoms with van der Waals surface area (Å²) in [6.45, 7) is 0.652. The van der Waals surface area contributed by atoms with E-state index >= 15 is 0 Å². The average Bonchev–Trinajstić information content (AvgIpc) is 2.96. The van der Waals surface area contributed by atoms with Crippen LogP contribution in [0.3, 0.4) is 0 Å². The van der Waals surface area contributed by atoms with Gasteiger partial charge in [-0.1, -0.05) is 36.4 Å². The highest BCUT2D eigenvalue weighted by atomic mass is 32.2. The van der Waals surface area contributed by atoms with Crippen LogP contribution in [-0.4, -0.2) is 33.7 Å². The second-order valence-electron chi connectivity index (χ2n) is 5.60. The smallest absolute Gasteiger partial charge is 0.191 e. The van der Waals surface area contributed by atoms with Crippen molar-refractivity contribution in [2.75, 3.05) is 13.3 Å². The van der Waals surface area contributed by atoms with Crippen LogP contribution < -0.4 is 10.6 Å². The van der Waals surface area contributed by atoms with Gasteiger partial charge in [0.05, 0.1) is 5.75 Å².